The minimum atomic E-state index is -1.61. The van der Waals surface area contributed by atoms with Crippen LogP contribution in [-0.4, -0.2) is 169 Å². The largest absolute Gasteiger partial charge is 0.393 e. The van der Waals surface area contributed by atoms with Crippen LogP contribution in [0.15, 0.2) is 0 Å². The van der Waals surface area contributed by atoms with Crippen molar-refractivity contribution in [2.24, 2.45) is 56.7 Å². The molecule has 5 saturated carbocycles. The molecule has 24 atom stereocenters. The zero-order valence-electron chi connectivity index (χ0n) is 37.2. The Morgan fingerprint density at radius 3 is 1.59 bits per heavy atom. The predicted molar refractivity (Wildman–Crippen MR) is 215 cm³/mol. The lowest BCUT2D eigenvalue weighted by molar-refractivity contribution is -0.351. The van der Waals surface area contributed by atoms with Crippen LogP contribution in [0.3, 0.4) is 0 Å². The van der Waals surface area contributed by atoms with Crippen LogP contribution in [0.4, 0.5) is 0 Å². The van der Waals surface area contributed by atoms with Crippen LogP contribution in [0.25, 0.3) is 0 Å². The van der Waals surface area contributed by atoms with Gasteiger partial charge in [-0.3, -0.25) is 0 Å². The number of fused-ring (bicyclic) bond motifs is 7. The van der Waals surface area contributed by atoms with Gasteiger partial charge in [-0.25, -0.2) is 0 Å². The molecule has 8 fully saturated rings. The van der Waals surface area contributed by atoms with Crippen molar-refractivity contribution in [3.63, 3.8) is 0 Å². The molecule has 0 radical (unpaired) electrons. The van der Waals surface area contributed by atoms with Gasteiger partial charge in [-0.2, -0.15) is 0 Å². The number of ether oxygens (including phenoxy) is 6. The third-order valence-electron chi connectivity index (χ3n) is 18.8. The van der Waals surface area contributed by atoms with Crippen LogP contribution in [0.2, 0.25) is 0 Å². The Labute approximate surface area is 359 Å². The Morgan fingerprint density at radius 2 is 1.02 bits per heavy atom. The van der Waals surface area contributed by atoms with Crippen molar-refractivity contribution in [1.29, 1.82) is 0 Å². The molecule has 10 N–H and O–H groups in total. The second-order valence-corrected chi connectivity index (χ2v) is 22.8. The highest BCUT2D eigenvalue weighted by molar-refractivity contribution is 5.23. The summed E-state index contributed by atoms with van der Waals surface area (Å²) in [5, 5.41) is 109. The van der Waals surface area contributed by atoms with Gasteiger partial charge in [-0.15, -0.1) is 0 Å². The van der Waals surface area contributed by atoms with E-state index in [0.717, 1.165) is 32.1 Å². The summed E-state index contributed by atoms with van der Waals surface area (Å²) < 4.78 is 36.4. The van der Waals surface area contributed by atoms with Crippen molar-refractivity contribution in [3.05, 3.63) is 0 Å². The molecule has 0 unspecified atom stereocenters. The first-order chi connectivity index (χ1) is 28.3. The maximum atomic E-state index is 12.7. The summed E-state index contributed by atoms with van der Waals surface area (Å²) in [6, 6.07) is 0. The Morgan fingerprint density at radius 1 is 0.525 bits per heavy atom. The van der Waals surface area contributed by atoms with E-state index in [9.17, 15) is 51.1 Å². The van der Waals surface area contributed by atoms with Gasteiger partial charge in [-0.05, 0) is 122 Å². The molecular weight excluding hydrogens is 796 g/mol. The molecule has 8 rings (SSSR count). The second kappa shape index (κ2) is 16.0. The van der Waals surface area contributed by atoms with Crippen LogP contribution >= 0.6 is 0 Å². The maximum absolute atomic E-state index is 12.7. The minimum Gasteiger partial charge on any atom is -0.393 e. The lowest BCUT2D eigenvalue weighted by Crippen LogP contribution is -2.72. The number of aliphatic hydroxyl groups is 10. The summed E-state index contributed by atoms with van der Waals surface area (Å²) in [6.45, 7) is 16.7. The van der Waals surface area contributed by atoms with E-state index in [4.69, 9.17) is 28.4 Å². The minimum absolute atomic E-state index is 0.0582. The van der Waals surface area contributed by atoms with Crippen LogP contribution in [0, 0.1) is 56.7 Å². The fraction of sp³-hybridized carbons (Fsp3) is 1.00. The lowest BCUT2D eigenvalue weighted by atomic mass is 9.31. The van der Waals surface area contributed by atoms with Crippen LogP contribution in [0.5, 0.6) is 0 Å². The molecule has 3 aliphatic heterocycles. The van der Waals surface area contributed by atoms with Gasteiger partial charge in [0.15, 0.2) is 18.9 Å². The average molecular weight is 873 g/mol. The number of rotatable bonds is 7. The van der Waals surface area contributed by atoms with Gasteiger partial charge in [0.1, 0.15) is 54.9 Å². The van der Waals surface area contributed by atoms with Crippen LogP contribution < -0.4 is 0 Å². The highest BCUT2D eigenvalue weighted by Crippen LogP contribution is 2.78. The predicted octanol–water partition coefficient (Wildman–Crippen LogP) is 0.551. The van der Waals surface area contributed by atoms with Crippen molar-refractivity contribution in [2.45, 2.75) is 204 Å². The van der Waals surface area contributed by atoms with E-state index < -0.39 is 103 Å². The van der Waals surface area contributed by atoms with E-state index >= 15 is 0 Å². The summed E-state index contributed by atoms with van der Waals surface area (Å²) >= 11 is 0. The van der Waals surface area contributed by atoms with Crippen molar-refractivity contribution in [3.8, 4) is 0 Å². The molecule has 0 spiro atoms. The topological polar surface area (TPSA) is 258 Å². The first-order valence-electron chi connectivity index (χ1n) is 23.0. The van der Waals surface area contributed by atoms with E-state index in [1.807, 2.05) is 13.8 Å². The maximum Gasteiger partial charge on any atom is 0.186 e. The molecule has 352 valence electrons. The van der Waals surface area contributed by atoms with Gasteiger partial charge in [0.25, 0.3) is 0 Å². The molecule has 8 aliphatic rings. The molecule has 0 aromatic heterocycles. The van der Waals surface area contributed by atoms with Gasteiger partial charge in [0, 0.05) is 0 Å². The summed E-state index contributed by atoms with van der Waals surface area (Å²) in [5.74, 6) is 0.132. The van der Waals surface area contributed by atoms with Gasteiger partial charge < -0.3 is 79.5 Å². The van der Waals surface area contributed by atoms with Crippen molar-refractivity contribution < 1.29 is 79.5 Å². The second-order valence-electron chi connectivity index (χ2n) is 22.8. The van der Waals surface area contributed by atoms with E-state index in [1.165, 1.54) is 0 Å². The zero-order valence-corrected chi connectivity index (χ0v) is 37.2. The number of aliphatic hydroxyl groups excluding tert-OH is 9. The van der Waals surface area contributed by atoms with Crippen molar-refractivity contribution >= 4 is 0 Å². The molecule has 0 aromatic carbocycles. The van der Waals surface area contributed by atoms with Crippen LogP contribution in [0.1, 0.15) is 107 Å². The number of hydrogen-bond acceptors (Lipinski definition) is 16. The summed E-state index contributed by atoms with van der Waals surface area (Å²) in [5.41, 5.74) is -2.84. The van der Waals surface area contributed by atoms with Gasteiger partial charge >= 0.3 is 0 Å². The molecule has 5 aliphatic carbocycles. The normalized spacial score (nSPS) is 57.3. The first-order valence-corrected chi connectivity index (χ1v) is 23.0. The molecule has 3 heterocycles. The average Bonchev–Trinajstić information content (AvgIpc) is 3.54. The van der Waals surface area contributed by atoms with Crippen molar-refractivity contribution in [1.82, 2.24) is 0 Å². The van der Waals surface area contributed by atoms with Gasteiger partial charge in [-0.1, -0.05) is 41.5 Å². The van der Waals surface area contributed by atoms with Gasteiger partial charge in [0.05, 0.1) is 43.7 Å². The highest BCUT2D eigenvalue weighted by atomic mass is 16.7. The van der Waals surface area contributed by atoms with Crippen molar-refractivity contribution in [2.75, 3.05) is 19.8 Å². The van der Waals surface area contributed by atoms with E-state index in [2.05, 4.69) is 41.5 Å². The van der Waals surface area contributed by atoms with Crippen LogP contribution in [-0.2, 0) is 28.4 Å². The molecule has 16 nitrogen and oxygen atoms in total. The van der Waals surface area contributed by atoms with E-state index in [0.29, 0.717) is 19.3 Å². The Kier molecular flexibility index (Phi) is 12.3. The Hall–Kier alpha value is -0.640. The highest BCUT2D eigenvalue weighted by Gasteiger charge is 2.75. The third kappa shape index (κ3) is 7.23. The first kappa shape index (κ1) is 46.9. The molecule has 16 heteroatoms. The Bertz CT molecular complexity index is 1580. The summed E-state index contributed by atoms with van der Waals surface area (Å²) in [7, 11) is 0. The third-order valence-corrected chi connectivity index (χ3v) is 18.8. The standard InChI is InChI=1S/C45H76O16/c1-40(2)28(60-39-34(54)35(24(49)19-58-39)61-38-33(53)31(51)23(48)18-57-38)12-14-43(6)27-10-9-26-42(5)13-11-20(41(3,4)55)29(42)25(59-37-32(52)30(50)22(47)17-56-37)16-45(26,8)44(27,7)15-21(46)36(40)43/h20-39,46-55H,9-19H2,1-8H3/t20-,21-,22+,23+,24-,25-,26+,27+,28-,29+,30-,31-,32+,33+,34+,35-,36-,37-,38-,39-,42+,43+,44+,45+/m0/s1. The smallest absolute Gasteiger partial charge is 0.186 e. The molecule has 0 aromatic rings. The molecule has 0 amide bonds. The fourth-order valence-electron chi connectivity index (χ4n) is 16.0. The Balaban J connectivity index is 1.05. The molecule has 0 bridgehead atoms. The number of hydrogen-bond donors (Lipinski definition) is 10. The SMILES string of the molecule is CC(C)(O)[C@H]1CC[C@@]2(C)[C@H]1[C@@H](O[C@@H]1OC[C@@H](O)[C@H](O)[C@H]1O)C[C@]1(C)[C@@H]2CC[C@@H]2[C@@]3(C)CC[C@H](O[C@@H]4OC[C@H](O)[C@H](O[C@@H]5OC[C@@H](O)[C@H](O)[C@H]5O)[C@H]4O)C(C)(C)[C@@H]3[C@@H](O)C[C@]21C. The fourth-order valence-corrected chi connectivity index (χ4v) is 16.0. The van der Waals surface area contributed by atoms with E-state index in [1.54, 1.807) is 0 Å². The molecule has 3 saturated heterocycles. The van der Waals surface area contributed by atoms with Gasteiger partial charge in [0.2, 0.25) is 0 Å². The molecule has 61 heavy (non-hydrogen) atoms. The molecular formula is C45H76O16. The quantitative estimate of drug-likeness (QED) is 0.157. The zero-order chi connectivity index (χ0) is 44.6. The summed E-state index contributed by atoms with van der Waals surface area (Å²) in [4.78, 5) is 0. The lowest BCUT2D eigenvalue weighted by Gasteiger charge is -2.74. The monoisotopic (exact) mass is 873 g/mol. The summed E-state index contributed by atoms with van der Waals surface area (Å²) in [6.07, 6.45) is -11.9. The van der Waals surface area contributed by atoms with E-state index in [-0.39, 0.29) is 71.1 Å².